The summed E-state index contributed by atoms with van der Waals surface area (Å²) in [5.74, 6) is 2.01. The van der Waals surface area contributed by atoms with Crippen molar-refractivity contribution in [1.82, 2.24) is 69.4 Å². The molecule has 0 aliphatic carbocycles. The van der Waals surface area contributed by atoms with Crippen LogP contribution in [-0.2, 0) is 30.0 Å². The lowest BCUT2D eigenvalue weighted by Crippen LogP contribution is -2.48. The highest BCUT2D eigenvalue weighted by Crippen LogP contribution is 2.29. The number of amides is 4. The molecule has 1 atom stereocenters. The summed E-state index contributed by atoms with van der Waals surface area (Å²) < 4.78 is 11.8. The average molecular weight is 1780 g/mol. The van der Waals surface area contributed by atoms with E-state index in [2.05, 4.69) is 90.7 Å². The lowest BCUT2D eigenvalue weighted by atomic mass is 10.2. The fourth-order valence-electron chi connectivity index (χ4n) is 12.7. The first-order valence-corrected chi connectivity index (χ1v) is 45.4. The predicted octanol–water partition coefficient (Wildman–Crippen LogP) is 7.59. The summed E-state index contributed by atoms with van der Waals surface area (Å²) in [6.45, 7) is 20.1. The van der Waals surface area contributed by atoms with Crippen LogP contribution in [0.2, 0.25) is 0 Å². The van der Waals surface area contributed by atoms with Gasteiger partial charge in [0.1, 0.15) is 62.1 Å². The number of hydrogen-bond donors (Lipinski definition) is 9. The molecule has 37 nitrogen and oxygen atoms in total. The van der Waals surface area contributed by atoms with Gasteiger partial charge in [-0.15, -0.1) is 35.3 Å². The van der Waals surface area contributed by atoms with Crippen LogP contribution in [0.15, 0.2) is 151 Å². The van der Waals surface area contributed by atoms with Gasteiger partial charge >= 0.3 is 0 Å². The smallest absolute Gasteiger partial charge is 0.272 e. The van der Waals surface area contributed by atoms with Crippen LogP contribution in [0.25, 0.3) is 0 Å². The monoisotopic (exact) mass is 1780 g/mol. The highest BCUT2D eigenvalue weighted by atomic mass is 32.2. The Morgan fingerprint density at radius 3 is 0.927 bits per heavy atom. The number of benzene rings is 4. The molecule has 5 aromatic heterocycles. The normalized spacial score (nSPS) is 13.7. The van der Waals surface area contributed by atoms with E-state index in [1.165, 1.54) is 65.1 Å². The van der Waals surface area contributed by atoms with E-state index in [0.717, 1.165) is 105 Å². The second kappa shape index (κ2) is 45.5. The van der Waals surface area contributed by atoms with E-state index >= 15 is 0 Å². The molecule has 640 valence electrons. The number of aromatic nitrogens is 10. The Balaban J connectivity index is 0.000000185. The van der Waals surface area contributed by atoms with Crippen LogP contribution in [0.1, 0.15) is 62.4 Å². The van der Waals surface area contributed by atoms with Crippen molar-refractivity contribution < 1.29 is 23.4 Å². The molecule has 9 heterocycles. The van der Waals surface area contributed by atoms with Gasteiger partial charge in [0.2, 0.25) is 41.5 Å². The summed E-state index contributed by atoms with van der Waals surface area (Å²) in [5, 5.41) is 59.7. The SMILES string of the molecule is CC(=O)N1CCN(c2ccc(Nc3nc(Nc4ccc(N5CCN(C(C)=O)CC5)cc4)c(C#N)c(=O)[nH]3)cc2)CC1.CC(=O)N1CCN(c2ccc(Nc3nc(S(C)=O)c(C#N)c(=O)[nH]3)cc2)CC1.CCSc1nc(SC)c(C#N)c(=O)[nH]1.CSc1nc(Nc2ccc(N3CCN(C(C)=O)CC3)cc2)[nH]c(=O)c1C#N.CSc1nc(SC)c(C#N)c(=O)[nH]1. The van der Waals surface area contributed by atoms with E-state index in [1.54, 1.807) is 52.5 Å². The van der Waals surface area contributed by atoms with Crippen molar-refractivity contribution in [2.75, 3.05) is 183 Å². The molecule has 4 aliphatic heterocycles. The number of thioether (sulfide) groups is 5. The Hall–Kier alpha value is -13.1. The molecular weight excluding hydrogens is 1690 g/mol. The van der Waals surface area contributed by atoms with Crippen LogP contribution >= 0.6 is 58.8 Å². The zero-order chi connectivity index (χ0) is 89.0. The van der Waals surface area contributed by atoms with E-state index in [4.69, 9.17) is 21.0 Å². The molecule has 43 heteroatoms. The molecule has 13 rings (SSSR count). The number of nitrogens with one attached hydrogen (secondary N) is 9. The van der Waals surface area contributed by atoms with Crippen LogP contribution in [0.4, 0.5) is 69.2 Å². The van der Waals surface area contributed by atoms with Gasteiger partial charge in [-0.25, -0.2) is 19.9 Å². The minimum Gasteiger partial charge on any atom is -0.368 e. The van der Waals surface area contributed by atoms with Crippen LogP contribution < -0.4 is 68.7 Å². The molecule has 1 unspecified atom stereocenters. The number of rotatable bonds is 19. The van der Waals surface area contributed by atoms with Crippen molar-refractivity contribution in [1.29, 1.82) is 26.3 Å². The standard InChI is InChI=1S/C29H33N9O3.C18H20N6O3S.C18H20N6O2S.C8H9N3OS2.C7H7N3OS2/c1-20(39)35-11-15-37(16-12-35)24-7-3-22(4-8-24)31-27-26(19-30)28(41)34-29(33-27)32-23-5-9-25(10-6-23)38-17-13-36(14-18-38)21(2)40;1-12(25)23-7-9-24(10-8-23)14-5-3-13(4-6-14)20-18-21-16(26)15(11-19)17(22-18)28(2)27;1-12(25)23-7-9-24(10-8-23)14-5-3-13(4-6-14)20-18-21-16(26)15(11-19)17(22-18)27-2;1-3-14-8-10-6(12)5(4-9)7(11-8)13-2;1-12-6-4(3-8)5(11)9-7(10-6)13-2/h3-10H,11-18H2,1-2H3,(H3,31,32,33,34,41);3-6H,7-10H2,1-2H3,(H2,20,21,22,26);3-6H,7-10H2,1-2H3,(H2,20,21,22,26);3H2,1-2H3,(H,10,11,12);1-2H3,(H,9,10,11). The summed E-state index contributed by atoms with van der Waals surface area (Å²) in [6, 6.07) is 40.0. The summed E-state index contributed by atoms with van der Waals surface area (Å²) >= 11 is 6.65. The predicted molar refractivity (Wildman–Crippen MR) is 480 cm³/mol. The van der Waals surface area contributed by atoms with E-state index < -0.39 is 27.5 Å². The van der Waals surface area contributed by atoms with Gasteiger partial charge in [-0.05, 0) is 128 Å². The molecule has 4 saturated heterocycles. The maximum absolute atomic E-state index is 12.7. The zero-order valence-corrected chi connectivity index (χ0v) is 73.7. The first-order valence-electron chi connectivity index (χ1n) is 38.0. The average Bonchev–Trinajstić information content (AvgIpc) is 0.804. The number of hydrogen-bond acceptors (Lipinski definition) is 33. The molecule has 0 saturated carbocycles. The molecule has 4 aliphatic rings. The first kappa shape index (κ1) is 93.8. The number of carbonyl (C=O) groups is 4. The highest BCUT2D eigenvalue weighted by molar-refractivity contribution is 8.00. The molecule has 123 heavy (non-hydrogen) atoms. The number of piperazine rings is 4. The number of aromatic amines is 5. The second-order valence-corrected chi connectivity index (χ2v) is 32.6. The van der Waals surface area contributed by atoms with Crippen molar-refractivity contribution in [3.63, 3.8) is 0 Å². The Labute approximate surface area is 731 Å². The third-order valence-corrected chi connectivity index (χ3v) is 23.4. The number of nitrogens with zero attached hydrogens (tertiary/aromatic N) is 18. The summed E-state index contributed by atoms with van der Waals surface area (Å²) in [5.41, 5.74) is 4.55. The van der Waals surface area contributed by atoms with Crippen molar-refractivity contribution in [3.05, 3.63) is 177 Å². The summed E-state index contributed by atoms with van der Waals surface area (Å²) in [6.07, 6.45) is 8.53. The van der Waals surface area contributed by atoms with E-state index in [1.807, 2.05) is 154 Å². The molecule has 4 fully saturated rings. The maximum atomic E-state index is 12.7. The van der Waals surface area contributed by atoms with Crippen LogP contribution in [0.3, 0.4) is 0 Å². The molecule has 0 radical (unpaired) electrons. The van der Waals surface area contributed by atoms with Gasteiger partial charge in [0, 0.05) is 184 Å². The van der Waals surface area contributed by atoms with Crippen molar-refractivity contribution in [2.24, 2.45) is 0 Å². The Bertz CT molecular complexity index is 5830. The lowest BCUT2D eigenvalue weighted by molar-refractivity contribution is -0.129. The minimum absolute atomic E-state index is 0.0214. The van der Waals surface area contributed by atoms with E-state index in [-0.39, 0.29) is 85.3 Å². The topological polar surface area (TPSA) is 507 Å². The first-order chi connectivity index (χ1) is 59.1. The van der Waals surface area contributed by atoms with Gasteiger partial charge < -0.3 is 70.4 Å². The summed E-state index contributed by atoms with van der Waals surface area (Å²) in [7, 11) is -1.56. The Morgan fingerprint density at radius 1 is 0.366 bits per heavy atom. The molecule has 0 spiro atoms. The van der Waals surface area contributed by atoms with Gasteiger partial charge in [-0.1, -0.05) is 30.4 Å². The lowest BCUT2D eigenvalue weighted by Gasteiger charge is -2.35. The molecule has 9 N–H and O–H groups in total. The highest BCUT2D eigenvalue weighted by Gasteiger charge is 2.25. The van der Waals surface area contributed by atoms with Crippen LogP contribution in [0, 0.1) is 56.7 Å². The van der Waals surface area contributed by atoms with Gasteiger partial charge in [0.05, 0.1) is 10.8 Å². The van der Waals surface area contributed by atoms with Crippen LogP contribution in [-0.4, -0.2) is 239 Å². The Kier molecular flexibility index (Phi) is 34.7. The Morgan fingerprint density at radius 2 is 0.634 bits per heavy atom. The summed E-state index contributed by atoms with van der Waals surface area (Å²) in [4.78, 5) is 155. The largest absolute Gasteiger partial charge is 0.368 e. The van der Waals surface area contributed by atoms with Crippen LogP contribution in [0.5, 0.6) is 0 Å². The fourth-order valence-corrected chi connectivity index (χ4v) is 16.0. The second-order valence-electron chi connectivity index (χ2n) is 26.9. The van der Waals surface area contributed by atoms with Gasteiger partial charge in [-0.2, -0.15) is 31.3 Å². The number of nitriles is 5. The fraction of sp³-hybridized carbons (Fsp3) is 0.338. The quantitative estimate of drug-likeness (QED) is 0.0214. The minimum atomic E-state index is -1.56. The maximum Gasteiger partial charge on any atom is 0.272 e. The number of H-pyrrole nitrogens is 5. The van der Waals surface area contributed by atoms with E-state index in [0.29, 0.717) is 82.0 Å². The molecular formula is C80H89N27O10S6. The van der Waals surface area contributed by atoms with Crippen molar-refractivity contribution >= 4 is 162 Å². The van der Waals surface area contributed by atoms with Gasteiger partial charge in [0.25, 0.3) is 27.8 Å². The number of carbonyl (C=O) groups excluding carboxylic acids is 4. The molecule has 4 amide bonds. The van der Waals surface area contributed by atoms with Gasteiger partial charge in [0.15, 0.2) is 32.3 Å². The molecule has 4 aromatic carbocycles. The zero-order valence-electron chi connectivity index (χ0n) is 68.8. The van der Waals surface area contributed by atoms with Gasteiger partial charge in [-0.3, -0.25) is 62.3 Å². The number of anilines is 12. The van der Waals surface area contributed by atoms with E-state index in [9.17, 15) is 52.6 Å². The molecule has 9 aromatic rings. The third-order valence-electron chi connectivity index (χ3n) is 19.2. The van der Waals surface area contributed by atoms with Crippen molar-refractivity contribution in [2.45, 2.75) is 65.0 Å². The van der Waals surface area contributed by atoms with Crippen molar-refractivity contribution in [3.8, 4) is 30.3 Å². The third kappa shape index (κ3) is 25.7. The molecule has 0 bridgehead atoms.